The van der Waals surface area contributed by atoms with E-state index in [0.717, 1.165) is 40.2 Å². The second-order valence-electron chi connectivity index (χ2n) is 10.3. The van der Waals surface area contributed by atoms with Crippen LogP contribution < -0.4 is 20.1 Å². The zero-order valence-electron chi connectivity index (χ0n) is 22.2. The first-order valence-electron chi connectivity index (χ1n) is 13.4. The third-order valence-corrected chi connectivity index (χ3v) is 7.62. The SMILES string of the molecule is COc1cc([C@@H]2Nc3ccccc3NC3=C2C(=O)C[C@@H](c2ccc(C)cc2)C3)ccc1OCc1ccccc1. The highest BCUT2D eigenvalue weighted by Crippen LogP contribution is 2.45. The van der Waals surface area contributed by atoms with Gasteiger partial charge in [-0.25, -0.2) is 0 Å². The number of fused-ring (bicyclic) bond motifs is 1. The van der Waals surface area contributed by atoms with Crippen LogP contribution in [0.1, 0.15) is 47.1 Å². The van der Waals surface area contributed by atoms with Crippen molar-refractivity contribution < 1.29 is 14.3 Å². The van der Waals surface area contributed by atoms with E-state index in [0.29, 0.717) is 24.5 Å². The number of anilines is 2. The molecule has 5 nitrogen and oxygen atoms in total. The van der Waals surface area contributed by atoms with Gasteiger partial charge in [-0.05, 0) is 60.2 Å². The van der Waals surface area contributed by atoms with Gasteiger partial charge in [-0.3, -0.25) is 4.79 Å². The standard InChI is InChI=1S/C34H32N2O3/c1-22-12-14-24(15-13-22)26-18-29-33(30(37)19-26)34(36-28-11-7-6-10-27(28)35-29)25-16-17-31(32(20-25)38-2)39-21-23-8-4-3-5-9-23/h3-17,20,26,34-36H,18-19,21H2,1-2H3/t26-,34-/m0/s1. The van der Waals surface area contributed by atoms with E-state index >= 15 is 0 Å². The lowest BCUT2D eigenvalue weighted by atomic mass is 9.78. The number of allylic oxidation sites excluding steroid dienone is 1. The van der Waals surface area contributed by atoms with Crippen LogP contribution in [-0.2, 0) is 11.4 Å². The molecule has 1 aliphatic carbocycles. The van der Waals surface area contributed by atoms with Crippen LogP contribution in [0, 0.1) is 6.92 Å². The fraction of sp³-hybridized carbons (Fsp3) is 0.206. The first-order valence-corrected chi connectivity index (χ1v) is 13.4. The molecule has 0 unspecified atom stereocenters. The van der Waals surface area contributed by atoms with Crippen molar-refractivity contribution in [3.05, 3.63) is 131 Å². The Morgan fingerprint density at radius 2 is 1.51 bits per heavy atom. The summed E-state index contributed by atoms with van der Waals surface area (Å²) in [7, 11) is 1.65. The number of ketones is 1. The number of nitrogens with one attached hydrogen (secondary N) is 2. The summed E-state index contributed by atoms with van der Waals surface area (Å²) >= 11 is 0. The van der Waals surface area contributed by atoms with Crippen LogP contribution in [0.25, 0.3) is 0 Å². The predicted molar refractivity (Wildman–Crippen MR) is 155 cm³/mol. The molecule has 1 aliphatic heterocycles. The maximum Gasteiger partial charge on any atom is 0.163 e. The Morgan fingerprint density at radius 3 is 2.28 bits per heavy atom. The molecule has 5 heteroatoms. The summed E-state index contributed by atoms with van der Waals surface area (Å²) in [5.74, 6) is 1.60. The molecular weight excluding hydrogens is 484 g/mol. The average Bonchev–Trinajstić information content (AvgIpc) is 3.14. The van der Waals surface area contributed by atoms with E-state index in [9.17, 15) is 4.79 Å². The zero-order valence-corrected chi connectivity index (χ0v) is 22.2. The monoisotopic (exact) mass is 516 g/mol. The van der Waals surface area contributed by atoms with Crippen molar-refractivity contribution in [2.24, 2.45) is 0 Å². The molecule has 4 aromatic rings. The van der Waals surface area contributed by atoms with Crippen LogP contribution in [0.5, 0.6) is 11.5 Å². The number of rotatable bonds is 6. The normalized spacial score (nSPS) is 18.3. The van der Waals surface area contributed by atoms with Gasteiger partial charge in [-0.1, -0.05) is 78.4 Å². The molecule has 2 aliphatic rings. The van der Waals surface area contributed by atoms with Gasteiger partial charge in [0.1, 0.15) is 6.61 Å². The van der Waals surface area contributed by atoms with Crippen LogP contribution in [0.3, 0.4) is 0 Å². The third-order valence-electron chi connectivity index (χ3n) is 7.62. The molecule has 6 rings (SSSR count). The molecule has 2 atom stereocenters. The molecule has 0 amide bonds. The van der Waals surface area contributed by atoms with E-state index < -0.39 is 0 Å². The molecule has 39 heavy (non-hydrogen) atoms. The van der Waals surface area contributed by atoms with Crippen molar-refractivity contribution in [3.8, 4) is 11.5 Å². The van der Waals surface area contributed by atoms with Gasteiger partial charge in [0, 0.05) is 17.7 Å². The number of carbonyl (C=O) groups is 1. The molecule has 1 heterocycles. The first-order chi connectivity index (χ1) is 19.1. The van der Waals surface area contributed by atoms with Gasteiger partial charge in [-0.15, -0.1) is 0 Å². The topological polar surface area (TPSA) is 59.6 Å². The number of ether oxygens (including phenoxy) is 2. The smallest absolute Gasteiger partial charge is 0.163 e. The predicted octanol–water partition coefficient (Wildman–Crippen LogP) is 7.56. The zero-order chi connectivity index (χ0) is 26.8. The molecule has 0 spiro atoms. The lowest BCUT2D eigenvalue weighted by molar-refractivity contribution is -0.116. The van der Waals surface area contributed by atoms with Gasteiger partial charge in [0.15, 0.2) is 17.3 Å². The van der Waals surface area contributed by atoms with E-state index in [4.69, 9.17) is 9.47 Å². The number of aryl methyl sites for hydroxylation is 1. The van der Waals surface area contributed by atoms with Gasteiger partial charge in [0.25, 0.3) is 0 Å². The van der Waals surface area contributed by atoms with Gasteiger partial charge in [0.2, 0.25) is 0 Å². The van der Waals surface area contributed by atoms with Crippen LogP contribution >= 0.6 is 0 Å². The number of para-hydroxylation sites is 2. The van der Waals surface area contributed by atoms with E-state index in [1.165, 1.54) is 11.1 Å². The molecule has 0 fully saturated rings. The first kappa shape index (κ1) is 24.8. The molecule has 0 bridgehead atoms. The Kier molecular flexibility index (Phi) is 6.80. The molecule has 196 valence electrons. The summed E-state index contributed by atoms with van der Waals surface area (Å²) in [6, 6.07) is 32.3. The molecular formula is C34H32N2O3. The van der Waals surface area contributed by atoms with Gasteiger partial charge < -0.3 is 20.1 Å². The van der Waals surface area contributed by atoms with E-state index in [-0.39, 0.29) is 17.7 Å². The second kappa shape index (κ2) is 10.7. The Labute approximate surface area is 229 Å². The fourth-order valence-corrected chi connectivity index (χ4v) is 5.53. The van der Waals surface area contributed by atoms with Crippen molar-refractivity contribution in [1.82, 2.24) is 0 Å². The van der Waals surface area contributed by atoms with Crippen LogP contribution in [0.15, 0.2) is 108 Å². The Hall–Kier alpha value is -4.51. The fourth-order valence-electron chi connectivity index (χ4n) is 5.53. The molecule has 0 radical (unpaired) electrons. The van der Waals surface area contributed by atoms with E-state index in [2.05, 4.69) is 47.9 Å². The number of Topliss-reactive ketones (excluding diaryl/α,β-unsaturated/α-hetero) is 1. The minimum absolute atomic E-state index is 0.138. The average molecular weight is 517 g/mol. The quantitative estimate of drug-likeness (QED) is 0.277. The lowest BCUT2D eigenvalue weighted by Crippen LogP contribution is -2.26. The maximum absolute atomic E-state index is 13.9. The minimum Gasteiger partial charge on any atom is -0.493 e. The molecule has 0 saturated carbocycles. The number of hydrogen-bond donors (Lipinski definition) is 2. The van der Waals surface area contributed by atoms with Crippen molar-refractivity contribution in [2.75, 3.05) is 17.7 Å². The Balaban J connectivity index is 1.36. The second-order valence-corrected chi connectivity index (χ2v) is 10.3. The van der Waals surface area contributed by atoms with E-state index in [1.54, 1.807) is 7.11 Å². The van der Waals surface area contributed by atoms with Crippen molar-refractivity contribution in [2.45, 2.75) is 38.3 Å². The summed E-state index contributed by atoms with van der Waals surface area (Å²) in [5, 5.41) is 7.28. The number of methoxy groups -OCH3 is 1. The summed E-state index contributed by atoms with van der Waals surface area (Å²) < 4.78 is 11.8. The maximum atomic E-state index is 13.9. The summed E-state index contributed by atoms with van der Waals surface area (Å²) in [6.07, 6.45) is 1.25. The number of hydrogen-bond acceptors (Lipinski definition) is 5. The lowest BCUT2D eigenvalue weighted by Gasteiger charge is -2.30. The molecule has 0 aromatic heterocycles. The molecule has 2 N–H and O–H groups in total. The summed E-state index contributed by atoms with van der Waals surface area (Å²) in [4.78, 5) is 13.9. The number of benzene rings is 4. The van der Waals surface area contributed by atoms with Gasteiger partial charge in [-0.2, -0.15) is 0 Å². The summed E-state index contributed by atoms with van der Waals surface area (Å²) in [6.45, 7) is 2.53. The highest BCUT2D eigenvalue weighted by atomic mass is 16.5. The van der Waals surface area contributed by atoms with Crippen LogP contribution in [-0.4, -0.2) is 12.9 Å². The highest BCUT2D eigenvalue weighted by Gasteiger charge is 2.36. The minimum atomic E-state index is -0.320. The van der Waals surface area contributed by atoms with Crippen molar-refractivity contribution >= 4 is 17.2 Å². The van der Waals surface area contributed by atoms with Gasteiger partial charge >= 0.3 is 0 Å². The highest BCUT2D eigenvalue weighted by molar-refractivity contribution is 6.01. The van der Waals surface area contributed by atoms with Gasteiger partial charge in [0.05, 0.1) is 24.5 Å². The summed E-state index contributed by atoms with van der Waals surface area (Å²) in [5.41, 5.74) is 8.15. The largest absolute Gasteiger partial charge is 0.493 e. The van der Waals surface area contributed by atoms with Crippen LogP contribution in [0.4, 0.5) is 11.4 Å². The van der Waals surface area contributed by atoms with Crippen molar-refractivity contribution in [1.29, 1.82) is 0 Å². The number of carbonyl (C=O) groups excluding carboxylic acids is 1. The van der Waals surface area contributed by atoms with Crippen molar-refractivity contribution in [3.63, 3.8) is 0 Å². The Morgan fingerprint density at radius 1 is 0.795 bits per heavy atom. The Bertz CT molecular complexity index is 1530. The molecule has 4 aromatic carbocycles. The van der Waals surface area contributed by atoms with Crippen LogP contribution in [0.2, 0.25) is 0 Å². The molecule has 0 saturated heterocycles. The van der Waals surface area contributed by atoms with E-state index in [1.807, 2.05) is 66.7 Å². The third kappa shape index (κ3) is 5.13.